The van der Waals surface area contributed by atoms with Gasteiger partial charge in [0.05, 0.1) is 15.4 Å². The predicted octanol–water partition coefficient (Wildman–Crippen LogP) is 3.53. The number of amides is 1. The Morgan fingerprint density at radius 2 is 1.64 bits per heavy atom. The van der Waals surface area contributed by atoms with E-state index in [4.69, 9.17) is 0 Å². The normalized spacial score (nSPS) is 12.3. The second-order valence-electron chi connectivity index (χ2n) is 8.05. The molecule has 33 heavy (non-hydrogen) atoms. The number of hydrogen-bond acceptors (Lipinski definition) is 6. The van der Waals surface area contributed by atoms with E-state index in [-0.39, 0.29) is 29.2 Å². The monoisotopic (exact) mass is 488 g/mol. The highest BCUT2D eigenvalue weighted by atomic mass is 32.2. The number of anilines is 1. The maximum Gasteiger partial charge on any atom is 0.416 e. The molecule has 3 N–H and O–H groups in total. The average molecular weight is 488 g/mol. The Kier molecular flexibility index (Phi) is 7.70. The fourth-order valence-corrected chi connectivity index (χ4v) is 4.15. The van der Waals surface area contributed by atoms with Crippen LogP contribution >= 0.6 is 0 Å². The van der Waals surface area contributed by atoms with E-state index in [1.54, 1.807) is 20.8 Å². The van der Waals surface area contributed by atoms with Crippen LogP contribution in [0.25, 0.3) is 0 Å². The number of hydrogen-bond donors (Lipinski definition) is 3. The molecule has 0 saturated heterocycles. The number of halogens is 3. The van der Waals surface area contributed by atoms with Crippen LogP contribution in [0.15, 0.2) is 47.4 Å². The summed E-state index contributed by atoms with van der Waals surface area (Å²) in [6.07, 6.45) is -4.71. The molecule has 0 radical (unpaired) electrons. The van der Waals surface area contributed by atoms with Crippen LogP contribution in [-0.4, -0.2) is 37.9 Å². The minimum absolute atomic E-state index is 0.0000893. The van der Waals surface area contributed by atoms with Gasteiger partial charge in [0.25, 0.3) is 11.6 Å². The first-order valence-electron chi connectivity index (χ1n) is 9.62. The van der Waals surface area contributed by atoms with Crippen molar-refractivity contribution in [1.29, 1.82) is 0 Å². The van der Waals surface area contributed by atoms with Crippen LogP contribution in [-0.2, 0) is 16.2 Å². The van der Waals surface area contributed by atoms with Gasteiger partial charge in [-0.05, 0) is 57.2 Å². The SMILES string of the molecule is CC(C)(C)NS(=O)(=O)c1ccc(C(=O)NCCNc2ccc(C(F)(F)F)cc2[N+](=O)[O-])cc1. The third kappa shape index (κ3) is 7.43. The van der Waals surface area contributed by atoms with Crippen molar-refractivity contribution in [2.75, 3.05) is 18.4 Å². The maximum atomic E-state index is 12.8. The number of carbonyl (C=O) groups excluding carboxylic acids is 1. The van der Waals surface area contributed by atoms with Crippen molar-refractivity contribution in [2.45, 2.75) is 37.4 Å². The second kappa shape index (κ2) is 9.75. The molecule has 0 bridgehead atoms. The van der Waals surface area contributed by atoms with Crippen molar-refractivity contribution in [3.8, 4) is 0 Å². The van der Waals surface area contributed by atoms with E-state index < -0.39 is 43.8 Å². The minimum atomic E-state index is -4.71. The van der Waals surface area contributed by atoms with E-state index in [2.05, 4.69) is 15.4 Å². The Bertz CT molecular complexity index is 1130. The van der Waals surface area contributed by atoms with E-state index in [1.165, 1.54) is 24.3 Å². The van der Waals surface area contributed by atoms with E-state index in [9.17, 15) is 36.5 Å². The molecule has 0 unspecified atom stereocenters. The van der Waals surface area contributed by atoms with Crippen LogP contribution in [0, 0.1) is 10.1 Å². The van der Waals surface area contributed by atoms with E-state index in [1.807, 2.05) is 0 Å². The first-order chi connectivity index (χ1) is 15.1. The van der Waals surface area contributed by atoms with Gasteiger partial charge < -0.3 is 10.6 Å². The first kappa shape index (κ1) is 26.1. The molecular weight excluding hydrogens is 465 g/mol. The summed E-state index contributed by atoms with van der Waals surface area (Å²) in [7, 11) is -3.75. The molecule has 0 aromatic heterocycles. The fourth-order valence-electron chi connectivity index (χ4n) is 2.73. The van der Waals surface area contributed by atoms with Gasteiger partial charge in [-0.2, -0.15) is 13.2 Å². The van der Waals surface area contributed by atoms with Crippen LogP contribution in [0.5, 0.6) is 0 Å². The van der Waals surface area contributed by atoms with Gasteiger partial charge in [0.15, 0.2) is 0 Å². The highest BCUT2D eigenvalue weighted by Crippen LogP contribution is 2.34. The number of nitrogens with one attached hydrogen (secondary N) is 3. The molecule has 0 aliphatic heterocycles. The number of sulfonamides is 1. The minimum Gasteiger partial charge on any atom is -0.378 e. The summed E-state index contributed by atoms with van der Waals surface area (Å²) < 4.78 is 65.4. The van der Waals surface area contributed by atoms with Crippen molar-refractivity contribution < 1.29 is 31.3 Å². The molecule has 0 aliphatic rings. The molecule has 0 spiro atoms. The summed E-state index contributed by atoms with van der Waals surface area (Å²) in [5.74, 6) is -0.522. The first-order valence-corrected chi connectivity index (χ1v) is 11.1. The fraction of sp³-hybridized carbons (Fsp3) is 0.350. The maximum absolute atomic E-state index is 12.8. The third-order valence-electron chi connectivity index (χ3n) is 4.12. The molecule has 2 aromatic rings. The van der Waals surface area contributed by atoms with Gasteiger partial charge in [0.1, 0.15) is 5.69 Å². The number of nitro benzene ring substituents is 1. The van der Waals surface area contributed by atoms with Crippen LogP contribution in [0.3, 0.4) is 0 Å². The molecular formula is C20H23F3N4O5S. The van der Waals surface area contributed by atoms with Crippen molar-refractivity contribution in [3.05, 3.63) is 63.7 Å². The quantitative estimate of drug-likeness (QED) is 0.296. The van der Waals surface area contributed by atoms with Crippen LogP contribution in [0.1, 0.15) is 36.7 Å². The molecule has 2 aromatic carbocycles. The van der Waals surface area contributed by atoms with Crippen molar-refractivity contribution >= 4 is 27.3 Å². The lowest BCUT2D eigenvalue weighted by molar-refractivity contribution is -0.384. The molecule has 2 rings (SSSR count). The second-order valence-corrected chi connectivity index (χ2v) is 9.73. The van der Waals surface area contributed by atoms with Gasteiger partial charge in [-0.25, -0.2) is 13.1 Å². The van der Waals surface area contributed by atoms with Gasteiger partial charge in [-0.3, -0.25) is 14.9 Å². The number of rotatable bonds is 8. The Hall–Kier alpha value is -3.19. The Morgan fingerprint density at radius 1 is 1.03 bits per heavy atom. The third-order valence-corrected chi connectivity index (χ3v) is 5.89. The van der Waals surface area contributed by atoms with E-state index >= 15 is 0 Å². The van der Waals surface area contributed by atoms with Gasteiger partial charge in [0, 0.05) is 30.3 Å². The van der Waals surface area contributed by atoms with Crippen molar-refractivity contribution in [1.82, 2.24) is 10.0 Å². The molecule has 0 heterocycles. The number of benzene rings is 2. The molecule has 0 fully saturated rings. The van der Waals surface area contributed by atoms with Crippen molar-refractivity contribution in [3.63, 3.8) is 0 Å². The number of nitro groups is 1. The number of carbonyl (C=O) groups is 1. The standard InChI is InChI=1S/C20H23F3N4O5S/c1-19(2,3)26-33(31,32)15-7-4-13(5-8-15)18(28)25-11-10-24-16-9-6-14(20(21,22)23)12-17(16)27(29)30/h4-9,12,24,26H,10-11H2,1-3H3,(H,25,28). The Morgan fingerprint density at radius 3 is 2.15 bits per heavy atom. The molecule has 0 aliphatic carbocycles. The molecule has 1 amide bonds. The topological polar surface area (TPSA) is 130 Å². The number of alkyl halides is 3. The number of nitrogens with zero attached hydrogens (tertiary/aromatic N) is 1. The highest BCUT2D eigenvalue weighted by Gasteiger charge is 2.33. The summed E-state index contributed by atoms with van der Waals surface area (Å²) in [6, 6.07) is 7.34. The van der Waals surface area contributed by atoms with Crippen molar-refractivity contribution in [2.24, 2.45) is 0 Å². The van der Waals surface area contributed by atoms with Crippen LogP contribution in [0.2, 0.25) is 0 Å². The van der Waals surface area contributed by atoms with Gasteiger partial charge in [0.2, 0.25) is 10.0 Å². The lowest BCUT2D eigenvalue weighted by Gasteiger charge is -2.20. The Labute approximate surface area is 188 Å². The Balaban J connectivity index is 1.97. The zero-order valence-electron chi connectivity index (χ0n) is 18.0. The molecule has 0 saturated carbocycles. The van der Waals surface area contributed by atoms with Gasteiger partial charge in [-0.15, -0.1) is 0 Å². The van der Waals surface area contributed by atoms with Crippen LogP contribution in [0.4, 0.5) is 24.5 Å². The summed E-state index contributed by atoms with van der Waals surface area (Å²) in [4.78, 5) is 22.4. The zero-order valence-corrected chi connectivity index (χ0v) is 18.8. The van der Waals surface area contributed by atoms with E-state index in [0.717, 1.165) is 12.1 Å². The molecule has 0 atom stereocenters. The zero-order chi connectivity index (χ0) is 25.0. The lowest BCUT2D eigenvalue weighted by Crippen LogP contribution is -2.40. The van der Waals surface area contributed by atoms with Gasteiger partial charge in [-0.1, -0.05) is 0 Å². The summed E-state index contributed by atoms with van der Waals surface area (Å²) in [6.45, 7) is 5.08. The summed E-state index contributed by atoms with van der Waals surface area (Å²) >= 11 is 0. The van der Waals surface area contributed by atoms with E-state index in [0.29, 0.717) is 6.07 Å². The smallest absolute Gasteiger partial charge is 0.378 e. The largest absolute Gasteiger partial charge is 0.416 e. The average Bonchev–Trinajstić information content (AvgIpc) is 2.68. The molecule has 9 nitrogen and oxygen atoms in total. The van der Waals surface area contributed by atoms with Gasteiger partial charge >= 0.3 is 6.18 Å². The predicted molar refractivity (Wildman–Crippen MR) is 115 cm³/mol. The van der Waals surface area contributed by atoms with Crippen LogP contribution < -0.4 is 15.4 Å². The highest BCUT2D eigenvalue weighted by molar-refractivity contribution is 7.89. The molecule has 13 heteroatoms. The lowest BCUT2D eigenvalue weighted by atomic mass is 10.1. The summed E-state index contributed by atoms with van der Waals surface area (Å²) in [5, 5.41) is 16.2. The molecule has 180 valence electrons. The summed E-state index contributed by atoms with van der Waals surface area (Å²) in [5.41, 5.74) is -2.49.